The molecule has 2 atom stereocenters. The lowest BCUT2D eigenvalue weighted by atomic mass is 9.79. The highest BCUT2D eigenvalue weighted by Gasteiger charge is 2.45. The number of amides is 1. The molecule has 0 saturated heterocycles. The van der Waals surface area contributed by atoms with Gasteiger partial charge in [-0.25, -0.2) is 9.80 Å². The smallest absolute Gasteiger partial charge is 0.338 e. The van der Waals surface area contributed by atoms with Crippen LogP contribution in [0.2, 0.25) is 0 Å². The molecule has 1 aliphatic heterocycles. The number of allylic oxidation sites excluding steroid dienone is 1. The van der Waals surface area contributed by atoms with E-state index in [4.69, 9.17) is 25.0 Å². The van der Waals surface area contributed by atoms with Crippen molar-refractivity contribution >= 4 is 35.0 Å². The molecule has 0 spiro atoms. The quantitative estimate of drug-likeness (QED) is 0.433. The van der Waals surface area contributed by atoms with Crippen LogP contribution in [-0.2, 0) is 9.53 Å². The zero-order chi connectivity index (χ0) is 23.7. The Labute approximate surface area is 195 Å². The van der Waals surface area contributed by atoms with Gasteiger partial charge in [-0.05, 0) is 73.4 Å². The maximum atomic E-state index is 13.2. The fourth-order valence-electron chi connectivity index (χ4n) is 4.56. The lowest BCUT2D eigenvalue weighted by Gasteiger charge is -2.27. The van der Waals surface area contributed by atoms with Crippen molar-refractivity contribution in [3.8, 4) is 0 Å². The second-order valence-electron chi connectivity index (χ2n) is 8.33. The Bertz CT molecular complexity index is 1240. The van der Waals surface area contributed by atoms with E-state index in [0.717, 1.165) is 36.3 Å². The van der Waals surface area contributed by atoms with Crippen molar-refractivity contribution in [3.05, 3.63) is 77.6 Å². The first kappa shape index (κ1) is 21.6. The fourth-order valence-corrected chi connectivity index (χ4v) is 4.56. The Morgan fingerprint density at radius 2 is 1.88 bits per heavy atom. The van der Waals surface area contributed by atoms with Crippen molar-refractivity contribution in [2.75, 3.05) is 18.1 Å². The topological polar surface area (TPSA) is 137 Å². The number of benzene rings is 1. The summed E-state index contributed by atoms with van der Waals surface area (Å²) in [5.41, 5.74) is 14.2. The minimum atomic E-state index is -0.690. The van der Waals surface area contributed by atoms with Crippen molar-refractivity contribution < 1.29 is 23.2 Å². The van der Waals surface area contributed by atoms with E-state index in [1.807, 2.05) is 24.3 Å². The number of hydrogen-bond acceptors (Lipinski definition) is 8. The van der Waals surface area contributed by atoms with E-state index < -0.39 is 24.5 Å². The van der Waals surface area contributed by atoms with Crippen LogP contribution in [0.25, 0.3) is 6.08 Å². The molecule has 3 aromatic rings. The molecule has 2 aromatic heterocycles. The van der Waals surface area contributed by atoms with Crippen LogP contribution >= 0.6 is 0 Å². The van der Waals surface area contributed by atoms with E-state index in [2.05, 4.69) is 5.10 Å². The summed E-state index contributed by atoms with van der Waals surface area (Å²) in [6, 6.07) is 11.3. The highest BCUT2D eigenvalue weighted by atomic mass is 16.5. The largest absolute Gasteiger partial charge is 0.467 e. The SMILES string of the molecule is Nc1cc(N)cc(C(=O)OCC(=O)N2N=C3C(=Cc4ccco4)CCCC3C2c2ccco2)c1. The molecule has 1 saturated carbocycles. The molecule has 2 unspecified atom stereocenters. The number of nitrogens with zero attached hydrogens (tertiary/aromatic N) is 2. The molecular formula is C25H24N4O5. The maximum absolute atomic E-state index is 13.2. The molecule has 1 amide bonds. The van der Waals surface area contributed by atoms with Crippen LogP contribution in [0.5, 0.6) is 0 Å². The summed E-state index contributed by atoms with van der Waals surface area (Å²) in [6.45, 7) is -0.481. The number of furan rings is 2. The number of esters is 1. The predicted molar refractivity (Wildman–Crippen MR) is 125 cm³/mol. The van der Waals surface area contributed by atoms with Gasteiger partial charge in [0.25, 0.3) is 5.91 Å². The van der Waals surface area contributed by atoms with Gasteiger partial charge in [0, 0.05) is 17.3 Å². The van der Waals surface area contributed by atoms with Gasteiger partial charge in [-0.2, -0.15) is 5.10 Å². The number of hydrazone groups is 1. The van der Waals surface area contributed by atoms with Crippen molar-refractivity contribution in [1.82, 2.24) is 5.01 Å². The minimum absolute atomic E-state index is 0.0329. The number of carbonyl (C=O) groups excluding carboxylic acids is 2. The molecule has 4 N–H and O–H groups in total. The average molecular weight is 460 g/mol. The molecule has 9 nitrogen and oxygen atoms in total. The zero-order valence-corrected chi connectivity index (χ0v) is 18.3. The third kappa shape index (κ3) is 4.19. The molecule has 0 bridgehead atoms. The van der Waals surface area contributed by atoms with Crippen LogP contribution < -0.4 is 11.5 Å². The third-order valence-corrected chi connectivity index (χ3v) is 5.99. The van der Waals surface area contributed by atoms with Crippen LogP contribution in [0.15, 0.2) is 74.5 Å². The van der Waals surface area contributed by atoms with Crippen molar-refractivity contribution in [3.63, 3.8) is 0 Å². The molecule has 1 fully saturated rings. The third-order valence-electron chi connectivity index (χ3n) is 5.99. The number of nitrogen functional groups attached to an aromatic ring is 2. The summed E-state index contributed by atoms with van der Waals surface area (Å²) in [7, 11) is 0. The van der Waals surface area contributed by atoms with Gasteiger partial charge in [-0.1, -0.05) is 0 Å². The summed E-state index contributed by atoms with van der Waals surface area (Å²) in [5.74, 6) is 0.184. The van der Waals surface area contributed by atoms with Crippen LogP contribution in [-0.4, -0.2) is 29.2 Å². The maximum Gasteiger partial charge on any atom is 0.338 e. The number of ether oxygens (including phenoxy) is 1. The lowest BCUT2D eigenvalue weighted by Crippen LogP contribution is -2.34. The number of hydrogen-bond donors (Lipinski definition) is 2. The summed E-state index contributed by atoms with van der Waals surface area (Å²) in [5, 5.41) is 6.06. The van der Waals surface area contributed by atoms with Gasteiger partial charge < -0.3 is 25.0 Å². The molecule has 174 valence electrons. The predicted octanol–water partition coefficient (Wildman–Crippen LogP) is 4.02. The number of nitrogens with two attached hydrogens (primary N) is 2. The molecule has 1 aromatic carbocycles. The normalized spacial score (nSPS) is 20.8. The average Bonchev–Trinajstić information content (AvgIpc) is 3.57. The Kier molecular flexibility index (Phi) is 5.67. The molecule has 5 rings (SSSR count). The molecule has 0 radical (unpaired) electrons. The first-order chi connectivity index (χ1) is 16.5. The van der Waals surface area contributed by atoms with E-state index in [0.29, 0.717) is 17.1 Å². The Hall–Kier alpha value is -4.27. The standard InChI is InChI=1S/C25H24N4O5/c26-17-10-16(11-18(27)13-17)25(31)34-14-22(30)29-24(21-7-3-9-33-21)20-6-1-4-15(23(20)28-29)12-19-5-2-8-32-19/h2-3,5,7-13,20,24H,1,4,6,14,26-27H2. The Morgan fingerprint density at radius 1 is 1.12 bits per heavy atom. The highest BCUT2D eigenvalue weighted by molar-refractivity contribution is 6.08. The second-order valence-corrected chi connectivity index (χ2v) is 8.33. The fraction of sp³-hybridized carbons (Fsp3) is 0.240. The molecular weight excluding hydrogens is 436 g/mol. The Balaban J connectivity index is 1.39. The van der Waals surface area contributed by atoms with Gasteiger partial charge in [0.2, 0.25) is 0 Å². The van der Waals surface area contributed by atoms with Crippen LogP contribution in [0.1, 0.15) is 47.2 Å². The highest BCUT2D eigenvalue weighted by Crippen LogP contribution is 2.44. The number of rotatable bonds is 5. The molecule has 34 heavy (non-hydrogen) atoms. The van der Waals surface area contributed by atoms with Gasteiger partial charge in [0.05, 0.1) is 23.8 Å². The monoisotopic (exact) mass is 460 g/mol. The summed E-state index contributed by atoms with van der Waals surface area (Å²) >= 11 is 0. The molecule has 9 heteroatoms. The van der Waals surface area contributed by atoms with Gasteiger partial charge in [-0.15, -0.1) is 0 Å². The molecule has 2 aliphatic rings. The van der Waals surface area contributed by atoms with Gasteiger partial charge in [0.15, 0.2) is 6.61 Å². The van der Waals surface area contributed by atoms with E-state index in [-0.39, 0.29) is 11.5 Å². The van der Waals surface area contributed by atoms with Crippen LogP contribution in [0, 0.1) is 5.92 Å². The number of carbonyl (C=O) groups is 2. The van der Waals surface area contributed by atoms with E-state index in [9.17, 15) is 9.59 Å². The number of fused-ring (bicyclic) bond motifs is 1. The summed E-state index contributed by atoms with van der Waals surface area (Å²) in [4.78, 5) is 25.7. The molecule has 3 heterocycles. The zero-order valence-electron chi connectivity index (χ0n) is 18.3. The summed E-state index contributed by atoms with van der Waals surface area (Å²) in [6.07, 6.45) is 7.78. The van der Waals surface area contributed by atoms with E-state index >= 15 is 0 Å². The minimum Gasteiger partial charge on any atom is -0.467 e. The van der Waals surface area contributed by atoms with E-state index in [1.54, 1.807) is 18.6 Å². The van der Waals surface area contributed by atoms with Gasteiger partial charge in [-0.3, -0.25) is 4.79 Å². The Morgan fingerprint density at radius 3 is 2.59 bits per heavy atom. The van der Waals surface area contributed by atoms with Crippen LogP contribution in [0.4, 0.5) is 11.4 Å². The van der Waals surface area contributed by atoms with Crippen LogP contribution in [0.3, 0.4) is 0 Å². The molecule has 1 aliphatic carbocycles. The first-order valence-corrected chi connectivity index (χ1v) is 11.0. The summed E-state index contributed by atoms with van der Waals surface area (Å²) < 4.78 is 16.4. The van der Waals surface area contributed by atoms with Crippen molar-refractivity contribution in [1.29, 1.82) is 0 Å². The van der Waals surface area contributed by atoms with Crippen molar-refractivity contribution in [2.45, 2.75) is 25.3 Å². The van der Waals surface area contributed by atoms with Crippen molar-refractivity contribution in [2.24, 2.45) is 11.0 Å². The lowest BCUT2D eigenvalue weighted by molar-refractivity contribution is -0.137. The second kappa shape index (κ2) is 8.93. The van der Waals surface area contributed by atoms with Gasteiger partial charge in [0.1, 0.15) is 17.6 Å². The first-order valence-electron chi connectivity index (χ1n) is 11.0. The van der Waals surface area contributed by atoms with E-state index in [1.165, 1.54) is 23.2 Å². The van der Waals surface area contributed by atoms with Gasteiger partial charge >= 0.3 is 5.97 Å². The number of anilines is 2.